The quantitative estimate of drug-likeness (QED) is 0.836. The van der Waals surface area contributed by atoms with Gasteiger partial charge in [0.15, 0.2) is 0 Å². The van der Waals surface area contributed by atoms with Gasteiger partial charge in [0.25, 0.3) is 5.91 Å². The van der Waals surface area contributed by atoms with Crippen LogP contribution in [0.5, 0.6) is 0 Å². The van der Waals surface area contributed by atoms with Gasteiger partial charge in [-0.05, 0) is 36.2 Å². The molecule has 0 saturated carbocycles. The van der Waals surface area contributed by atoms with Crippen molar-refractivity contribution in [3.63, 3.8) is 0 Å². The molecule has 0 spiro atoms. The first-order chi connectivity index (χ1) is 13.9. The Hall–Kier alpha value is -3.22. The molecular formula is C22H24FN3O3. The zero-order valence-corrected chi connectivity index (χ0v) is 16.4. The highest BCUT2D eigenvalue weighted by Crippen LogP contribution is 2.09. The van der Waals surface area contributed by atoms with Crippen LogP contribution in [-0.4, -0.2) is 60.2 Å². The lowest BCUT2D eigenvalue weighted by Gasteiger charge is -2.35. The lowest BCUT2D eigenvalue weighted by molar-refractivity contribution is -0.138. The average molecular weight is 397 g/mol. The van der Waals surface area contributed by atoms with Gasteiger partial charge in [-0.25, -0.2) is 4.39 Å². The van der Waals surface area contributed by atoms with Crippen molar-refractivity contribution in [1.82, 2.24) is 15.1 Å². The largest absolute Gasteiger partial charge is 0.343 e. The Morgan fingerprint density at radius 2 is 1.48 bits per heavy atom. The van der Waals surface area contributed by atoms with E-state index in [1.54, 1.807) is 34.1 Å². The number of carbonyl (C=O) groups is 3. The Bertz CT molecular complexity index is 890. The summed E-state index contributed by atoms with van der Waals surface area (Å²) >= 11 is 0. The van der Waals surface area contributed by atoms with Crippen LogP contribution in [0.2, 0.25) is 0 Å². The predicted molar refractivity (Wildman–Crippen MR) is 107 cm³/mol. The first-order valence-electron chi connectivity index (χ1n) is 9.58. The molecule has 29 heavy (non-hydrogen) atoms. The third-order valence-corrected chi connectivity index (χ3v) is 5.04. The van der Waals surface area contributed by atoms with E-state index in [9.17, 15) is 18.8 Å². The normalized spacial score (nSPS) is 13.9. The number of hydrogen-bond acceptors (Lipinski definition) is 3. The number of benzene rings is 2. The summed E-state index contributed by atoms with van der Waals surface area (Å²) in [5.41, 5.74) is 2.16. The van der Waals surface area contributed by atoms with Crippen LogP contribution in [0.25, 0.3) is 0 Å². The molecule has 1 aliphatic rings. The molecule has 2 aromatic carbocycles. The van der Waals surface area contributed by atoms with Crippen LogP contribution in [0.4, 0.5) is 4.39 Å². The summed E-state index contributed by atoms with van der Waals surface area (Å²) in [7, 11) is 0. The minimum Gasteiger partial charge on any atom is -0.343 e. The van der Waals surface area contributed by atoms with Crippen molar-refractivity contribution < 1.29 is 18.8 Å². The Labute approximate surface area is 169 Å². The molecule has 1 fully saturated rings. The number of nitrogens with zero attached hydrogens (tertiary/aromatic N) is 2. The standard InChI is InChI=1S/C22H24FN3O3/c1-16-4-2-3-5-19(16)22(29)24-15-21(28)26-12-10-25(11-13-26)20(27)14-17-6-8-18(23)9-7-17/h2-9H,10-15H2,1H3,(H,24,29). The lowest BCUT2D eigenvalue weighted by Crippen LogP contribution is -2.52. The van der Waals surface area contributed by atoms with Gasteiger partial charge in [-0.15, -0.1) is 0 Å². The van der Waals surface area contributed by atoms with Gasteiger partial charge in [0.2, 0.25) is 11.8 Å². The second-order valence-corrected chi connectivity index (χ2v) is 7.06. The van der Waals surface area contributed by atoms with Crippen molar-refractivity contribution in [2.45, 2.75) is 13.3 Å². The van der Waals surface area contributed by atoms with Gasteiger partial charge in [-0.1, -0.05) is 30.3 Å². The maximum absolute atomic E-state index is 13.0. The van der Waals surface area contributed by atoms with E-state index in [1.807, 2.05) is 19.1 Å². The molecule has 0 aromatic heterocycles. The van der Waals surface area contributed by atoms with Crippen LogP contribution in [0, 0.1) is 12.7 Å². The molecule has 1 N–H and O–H groups in total. The summed E-state index contributed by atoms with van der Waals surface area (Å²) in [5, 5.41) is 2.67. The second-order valence-electron chi connectivity index (χ2n) is 7.06. The van der Waals surface area contributed by atoms with E-state index in [2.05, 4.69) is 5.32 Å². The van der Waals surface area contributed by atoms with E-state index in [4.69, 9.17) is 0 Å². The van der Waals surface area contributed by atoms with Crippen molar-refractivity contribution in [2.24, 2.45) is 0 Å². The van der Waals surface area contributed by atoms with Crippen molar-refractivity contribution >= 4 is 17.7 Å². The first kappa shape index (κ1) is 20.5. The lowest BCUT2D eigenvalue weighted by atomic mass is 10.1. The highest BCUT2D eigenvalue weighted by atomic mass is 19.1. The highest BCUT2D eigenvalue weighted by Gasteiger charge is 2.24. The molecule has 1 aliphatic heterocycles. The average Bonchev–Trinajstić information content (AvgIpc) is 2.74. The molecule has 0 bridgehead atoms. The summed E-state index contributed by atoms with van der Waals surface area (Å²) < 4.78 is 13.0. The SMILES string of the molecule is Cc1ccccc1C(=O)NCC(=O)N1CCN(C(=O)Cc2ccc(F)cc2)CC1. The molecule has 152 valence electrons. The van der Waals surface area contributed by atoms with E-state index < -0.39 is 0 Å². The van der Waals surface area contributed by atoms with Gasteiger partial charge in [-0.3, -0.25) is 14.4 Å². The molecule has 0 atom stereocenters. The molecule has 1 heterocycles. The molecule has 3 amide bonds. The van der Waals surface area contributed by atoms with Gasteiger partial charge in [0, 0.05) is 31.7 Å². The molecule has 3 rings (SSSR count). The molecule has 0 unspecified atom stereocenters. The number of rotatable bonds is 5. The molecule has 2 aromatic rings. The van der Waals surface area contributed by atoms with E-state index in [-0.39, 0.29) is 36.5 Å². The minimum atomic E-state index is -0.331. The molecule has 6 nitrogen and oxygen atoms in total. The molecule has 0 radical (unpaired) electrons. The zero-order chi connectivity index (χ0) is 20.8. The van der Waals surface area contributed by atoms with Gasteiger partial charge < -0.3 is 15.1 Å². The third kappa shape index (κ3) is 5.40. The number of hydrogen-bond donors (Lipinski definition) is 1. The second kappa shape index (κ2) is 9.32. The Morgan fingerprint density at radius 1 is 0.897 bits per heavy atom. The number of piperazine rings is 1. The molecular weight excluding hydrogens is 373 g/mol. The molecule has 0 aliphatic carbocycles. The van der Waals surface area contributed by atoms with E-state index in [0.29, 0.717) is 31.7 Å². The number of amides is 3. The van der Waals surface area contributed by atoms with Crippen molar-refractivity contribution in [1.29, 1.82) is 0 Å². The third-order valence-electron chi connectivity index (χ3n) is 5.04. The highest BCUT2D eigenvalue weighted by molar-refractivity contribution is 5.97. The Balaban J connectivity index is 1.44. The fourth-order valence-corrected chi connectivity index (χ4v) is 3.28. The monoisotopic (exact) mass is 397 g/mol. The maximum atomic E-state index is 13.0. The zero-order valence-electron chi connectivity index (χ0n) is 16.4. The van der Waals surface area contributed by atoms with E-state index >= 15 is 0 Å². The Kier molecular flexibility index (Phi) is 6.59. The van der Waals surface area contributed by atoms with Crippen LogP contribution >= 0.6 is 0 Å². The van der Waals surface area contributed by atoms with Crippen molar-refractivity contribution in [3.05, 3.63) is 71.0 Å². The van der Waals surface area contributed by atoms with Crippen molar-refractivity contribution in [3.8, 4) is 0 Å². The van der Waals surface area contributed by atoms with E-state index in [0.717, 1.165) is 11.1 Å². The van der Waals surface area contributed by atoms with Crippen LogP contribution in [0.1, 0.15) is 21.5 Å². The van der Waals surface area contributed by atoms with Crippen LogP contribution < -0.4 is 5.32 Å². The maximum Gasteiger partial charge on any atom is 0.251 e. The van der Waals surface area contributed by atoms with Gasteiger partial charge in [0.1, 0.15) is 5.82 Å². The Morgan fingerprint density at radius 3 is 2.10 bits per heavy atom. The number of halogens is 1. The van der Waals surface area contributed by atoms with Gasteiger partial charge >= 0.3 is 0 Å². The van der Waals surface area contributed by atoms with Crippen molar-refractivity contribution in [2.75, 3.05) is 32.7 Å². The van der Waals surface area contributed by atoms with Gasteiger partial charge in [-0.2, -0.15) is 0 Å². The smallest absolute Gasteiger partial charge is 0.251 e. The summed E-state index contributed by atoms with van der Waals surface area (Å²) in [6.07, 6.45) is 0.209. The number of nitrogens with one attached hydrogen (secondary N) is 1. The molecule has 1 saturated heterocycles. The number of carbonyl (C=O) groups excluding carboxylic acids is 3. The minimum absolute atomic E-state index is 0.0448. The van der Waals surface area contributed by atoms with E-state index in [1.165, 1.54) is 12.1 Å². The van der Waals surface area contributed by atoms with Crippen LogP contribution in [0.3, 0.4) is 0 Å². The van der Waals surface area contributed by atoms with Gasteiger partial charge in [0.05, 0.1) is 13.0 Å². The summed E-state index contributed by atoms with van der Waals surface area (Å²) in [4.78, 5) is 40.4. The summed E-state index contributed by atoms with van der Waals surface area (Å²) in [6, 6.07) is 13.1. The predicted octanol–water partition coefficient (Wildman–Crippen LogP) is 1.78. The number of aryl methyl sites for hydroxylation is 1. The molecule has 7 heteroatoms. The topological polar surface area (TPSA) is 69.7 Å². The summed E-state index contributed by atoms with van der Waals surface area (Å²) in [6.45, 7) is 3.51. The first-order valence-corrected chi connectivity index (χ1v) is 9.58. The fraction of sp³-hybridized carbons (Fsp3) is 0.318. The fourth-order valence-electron chi connectivity index (χ4n) is 3.28. The summed E-state index contributed by atoms with van der Waals surface area (Å²) in [5.74, 6) is -0.818. The van der Waals surface area contributed by atoms with Crippen LogP contribution in [0.15, 0.2) is 48.5 Å². The van der Waals surface area contributed by atoms with Crippen LogP contribution in [-0.2, 0) is 16.0 Å².